The molecule has 1 aromatic carbocycles. The van der Waals surface area contributed by atoms with E-state index < -0.39 is 0 Å². The summed E-state index contributed by atoms with van der Waals surface area (Å²) < 4.78 is 0. The van der Waals surface area contributed by atoms with E-state index in [1.807, 2.05) is 0 Å². The zero-order chi connectivity index (χ0) is 14.6. The zero-order valence-corrected chi connectivity index (χ0v) is 13.3. The lowest BCUT2D eigenvalue weighted by molar-refractivity contribution is 0.325. The molecule has 2 heteroatoms. The van der Waals surface area contributed by atoms with E-state index in [-0.39, 0.29) is 5.41 Å². The summed E-state index contributed by atoms with van der Waals surface area (Å²) in [5.41, 5.74) is 6.11. The Morgan fingerprint density at radius 3 is 2.20 bits per heavy atom. The maximum absolute atomic E-state index is 5.95. The molecule has 1 aromatic rings. The predicted octanol–water partition coefficient (Wildman–Crippen LogP) is 4.46. The lowest BCUT2D eigenvalue weighted by Gasteiger charge is -2.31. The van der Waals surface area contributed by atoms with Gasteiger partial charge in [0.1, 0.15) is 0 Å². The van der Waals surface area contributed by atoms with Gasteiger partial charge in [-0.05, 0) is 35.3 Å². The van der Waals surface area contributed by atoms with Crippen LogP contribution in [0.25, 0.3) is 0 Å². The summed E-state index contributed by atoms with van der Waals surface area (Å²) in [6, 6.07) is 9.10. The van der Waals surface area contributed by atoms with E-state index >= 15 is 0 Å². The first-order chi connectivity index (χ1) is 9.54. The zero-order valence-electron chi connectivity index (χ0n) is 13.3. The molecular formula is C18H30N2. The van der Waals surface area contributed by atoms with Gasteiger partial charge in [-0.1, -0.05) is 70.7 Å². The number of nitrogens with two attached hydrogens (primary N) is 1. The molecule has 0 radical (unpaired) electrons. The van der Waals surface area contributed by atoms with Gasteiger partial charge < -0.3 is 0 Å². The fourth-order valence-electron chi connectivity index (χ4n) is 3.58. The monoisotopic (exact) mass is 274 g/mol. The molecule has 0 aliphatic heterocycles. The highest BCUT2D eigenvalue weighted by Gasteiger charge is 2.28. The fourth-order valence-corrected chi connectivity index (χ4v) is 3.58. The first-order valence-electron chi connectivity index (χ1n) is 8.09. The molecule has 1 fully saturated rings. The molecule has 1 aliphatic rings. The van der Waals surface area contributed by atoms with E-state index in [1.54, 1.807) is 0 Å². The lowest BCUT2D eigenvalue weighted by atomic mass is 9.78. The second-order valence-corrected chi connectivity index (χ2v) is 7.23. The van der Waals surface area contributed by atoms with Crippen LogP contribution in [-0.4, -0.2) is 0 Å². The molecular weight excluding hydrogens is 244 g/mol. The molecule has 0 saturated heterocycles. The van der Waals surface area contributed by atoms with E-state index in [9.17, 15) is 0 Å². The SMILES string of the molecule is CC(C)(C)c1ccccc1C(NN)C1CCCCCC1. The molecule has 20 heavy (non-hydrogen) atoms. The third-order valence-electron chi connectivity index (χ3n) is 4.65. The third-order valence-corrected chi connectivity index (χ3v) is 4.65. The fraction of sp³-hybridized carbons (Fsp3) is 0.667. The van der Waals surface area contributed by atoms with Crippen LogP contribution in [0.1, 0.15) is 76.5 Å². The van der Waals surface area contributed by atoms with Crippen molar-refractivity contribution in [2.24, 2.45) is 11.8 Å². The minimum atomic E-state index is 0.163. The molecule has 0 spiro atoms. The van der Waals surface area contributed by atoms with Gasteiger partial charge >= 0.3 is 0 Å². The molecule has 3 N–H and O–H groups in total. The number of nitrogens with one attached hydrogen (secondary N) is 1. The second kappa shape index (κ2) is 6.73. The van der Waals surface area contributed by atoms with Gasteiger partial charge in [-0.3, -0.25) is 11.3 Å². The molecule has 0 aromatic heterocycles. The second-order valence-electron chi connectivity index (χ2n) is 7.23. The molecule has 0 heterocycles. The summed E-state index contributed by atoms with van der Waals surface area (Å²) in [5, 5.41) is 0. The van der Waals surface area contributed by atoms with Gasteiger partial charge in [-0.2, -0.15) is 0 Å². The van der Waals surface area contributed by atoms with Crippen LogP contribution < -0.4 is 11.3 Å². The van der Waals surface area contributed by atoms with Crippen LogP contribution in [0.5, 0.6) is 0 Å². The summed E-state index contributed by atoms with van der Waals surface area (Å²) in [6.45, 7) is 6.85. The first-order valence-corrected chi connectivity index (χ1v) is 8.09. The van der Waals surface area contributed by atoms with Crippen LogP contribution in [-0.2, 0) is 5.41 Å². The molecule has 0 bridgehead atoms. The number of benzene rings is 1. The van der Waals surface area contributed by atoms with Crippen LogP contribution in [0.3, 0.4) is 0 Å². The Balaban J connectivity index is 2.31. The molecule has 1 atom stereocenters. The van der Waals surface area contributed by atoms with Gasteiger partial charge in [0.25, 0.3) is 0 Å². The molecule has 1 unspecified atom stereocenters. The summed E-state index contributed by atoms with van der Waals surface area (Å²) >= 11 is 0. The Kier molecular flexibility index (Phi) is 5.22. The summed E-state index contributed by atoms with van der Waals surface area (Å²) in [7, 11) is 0. The predicted molar refractivity (Wildman–Crippen MR) is 86.4 cm³/mol. The van der Waals surface area contributed by atoms with Crippen LogP contribution >= 0.6 is 0 Å². The smallest absolute Gasteiger partial charge is 0.0491 e. The van der Waals surface area contributed by atoms with Gasteiger partial charge in [0, 0.05) is 6.04 Å². The molecule has 1 saturated carbocycles. The first kappa shape index (κ1) is 15.5. The Hall–Kier alpha value is -0.860. The molecule has 112 valence electrons. The van der Waals surface area contributed by atoms with E-state index in [0.29, 0.717) is 12.0 Å². The maximum atomic E-state index is 5.95. The standard InChI is InChI=1S/C18H30N2/c1-18(2,3)16-13-9-8-12-15(16)17(20-19)14-10-6-4-5-7-11-14/h8-9,12-14,17,20H,4-7,10-11,19H2,1-3H3. The Labute approximate surface area is 124 Å². The van der Waals surface area contributed by atoms with Crippen LogP contribution in [0.4, 0.5) is 0 Å². The topological polar surface area (TPSA) is 38.0 Å². The van der Waals surface area contributed by atoms with Gasteiger partial charge in [-0.15, -0.1) is 0 Å². The quantitative estimate of drug-likeness (QED) is 0.485. The number of hydrazine groups is 1. The average molecular weight is 274 g/mol. The van der Waals surface area contributed by atoms with Crippen molar-refractivity contribution < 1.29 is 0 Å². The minimum absolute atomic E-state index is 0.163. The number of hydrogen-bond donors (Lipinski definition) is 2. The van der Waals surface area contributed by atoms with Crippen molar-refractivity contribution in [3.63, 3.8) is 0 Å². The molecule has 2 nitrogen and oxygen atoms in total. The van der Waals surface area contributed by atoms with E-state index in [1.165, 1.54) is 49.7 Å². The highest BCUT2D eigenvalue weighted by molar-refractivity contribution is 5.35. The van der Waals surface area contributed by atoms with Crippen LogP contribution in [0, 0.1) is 5.92 Å². The van der Waals surface area contributed by atoms with Gasteiger partial charge in [0.15, 0.2) is 0 Å². The number of hydrogen-bond acceptors (Lipinski definition) is 2. The Morgan fingerprint density at radius 1 is 1.05 bits per heavy atom. The Morgan fingerprint density at radius 2 is 1.65 bits per heavy atom. The summed E-state index contributed by atoms with van der Waals surface area (Å²) in [6.07, 6.45) is 8.06. The van der Waals surface area contributed by atoms with Gasteiger partial charge in [-0.25, -0.2) is 0 Å². The van der Waals surface area contributed by atoms with Crippen molar-refractivity contribution >= 4 is 0 Å². The average Bonchev–Trinajstić information content (AvgIpc) is 2.68. The molecule has 1 aliphatic carbocycles. The van der Waals surface area contributed by atoms with Crippen LogP contribution in [0.15, 0.2) is 24.3 Å². The van der Waals surface area contributed by atoms with Crippen molar-refractivity contribution in [1.29, 1.82) is 0 Å². The minimum Gasteiger partial charge on any atom is -0.271 e. The van der Waals surface area contributed by atoms with E-state index in [4.69, 9.17) is 5.84 Å². The van der Waals surface area contributed by atoms with Crippen molar-refractivity contribution in [2.45, 2.75) is 70.8 Å². The largest absolute Gasteiger partial charge is 0.271 e. The highest BCUT2D eigenvalue weighted by atomic mass is 15.2. The molecule has 0 amide bonds. The van der Waals surface area contributed by atoms with Gasteiger partial charge in [0.2, 0.25) is 0 Å². The third kappa shape index (κ3) is 3.62. The lowest BCUT2D eigenvalue weighted by Crippen LogP contribution is -2.35. The van der Waals surface area contributed by atoms with Gasteiger partial charge in [0.05, 0.1) is 0 Å². The highest BCUT2D eigenvalue weighted by Crippen LogP contribution is 2.37. The summed E-state index contributed by atoms with van der Waals surface area (Å²) in [5.74, 6) is 6.62. The maximum Gasteiger partial charge on any atom is 0.0491 e. The normalized spacial score (nSPS) is 19.6. The van der Waals surface area contributed by atoms with Crippen molar-refractivity contribution in [3.8, 4) is 0 Å². The van der Waals surface area contributed by atoms with Crippen LogP contribution in [0.2, 0.25) is 0 Å². The van der Waals surface area contributed by atoms with Crippen molar-refractivity contribution in [1.82, 2.24) is 5.43 Å². The molecule has 2 rings (SSSR count). The summed E-state index contributed by atoms with van der Waals surface area (Å²) in [4.78, 5) is 0. The number of rotatable bonds is 3. The van der Waals surface area contributed by atoms with Crippen molar-refractivity contribution in [3.05, 3.63) is 35.4 Å². The van der Waals surface area contributed by atoms with E-state index in [2.05, 4.69) is 50.5 Å². The Bertz CT molecular complexity index is 412. The van der Waals surface area contributed by atoms with E-state index in [0.717, 1.165) is 0 Å². The van der Waals surface area contributed by atoms with Crippen molar-refractivity contribution in [2.75, 3.05) is 0 Å².